The first-order valence-corrected chi connectivity index (χ1v) is 5.99. The fourth-order valence-electron chi connectivity index (χ4n) is 1.79. The average Bonchev–Trinajstić information content (AvgIpc) is 2.39. The van der Waals surface area contributed by atoms with Crippen LogP contribution in [0.25, 0.3) is 0 Å². The minimum atomic E-state index is 0.114. The number of halogens is 1. The predicted octanol–water partition coefficient (Wildman–Crippen LogP) is 1.47. The van der Waals surface area contributed by atoms with Gasteiger partial charge in [-0.3, -0.25) is 4.79 Å². The second-order valence-corrected chi connectivity index (χ2v) is 4.14. The smallest absolute Gasteiger partial charge is 0.253 e. The lowest BCUT2D eigenvalue weighted by molar-refractivity contribution is 0.0736. The molecular weight excluding hydrogens is 224 g/mol. The summed E-state index contributed by atoms with van der Waals surface area (Å²) in [6.07, 6.45) is 0. The van der Waals surface area contributed by atoms with E-state index in [-0.39, 0.29) is 5.91 Å². The van der Waals surface area contributed by atoms with E-state index in [1.54, 1.807) is 0 Å². The van der Waals surface area contributed by atoms with Gasteiger partial charge in [0.25, 0.3) is 5.91 Å². The number of nitrogens with zero attached hydrogens (tertiary/aromatic N) is 1. The highest BCUT2D eigenvalue weighted by Gasteiger charge is 2.17. The van der Waals surface area contributed by atoms with Gasteiger partial charge in [-0.1, -0.05) is 12.1 Å². The maximum Gasteiger partial charge on any atom is 0.253 e. The molecule has 1 aliphatic heterocycles. The number of carbonyl (C=O) groups is 1. The predicted molar refractivity (Wildman–Crippen MR) is 64.8 cm³/mol. The van der Waals surface area contributed by atoms with Crippen LogP contribution in [0.2, 0.25) is 0 Å². The van der Waals surface area contributed by atoms with E-state index < -0.39 is 0 Å². The number of hydrogen-bond donors (Lipinski definition) is 1. The van der Waals surface area contributed by atoms with Gasteiger partial charge in [0.1, 0.15) is 0 Å². The normalized spacial score (nSPS) is 16.2. The number of piperazine rings is 1. The van der Waals surface area contributed by atoms with Crippen LogP contribution < -0.4 is 5.32 Å². The lowest BCUT2D eigenvalue weighted by Crippen LogP contribution is -2.46. The molecule has 1 aromatic rings. The molecule has 0 atom stereocenters. The van der Waals surface area contributed by atoms with Crippen LogP contribution >= 0.6 is 11.6 Å². The summed E-state index contributed by atoms with van der Waals surface area (Å²) in [5, 5.41) is 3.23. The molecule has 0 aromatic heterocycles. The van der Waals surface area contributed by atoms with Crippen molar-refractivity contribution in [2.75, 3.05) is 26.2 Å². The molecule has 4 heteroatoms. The SMILES string of the molecule is O=C(c1ccc(CCl)cc1)N1CCNCC1. The summed E-state index contributed by atoms with van der Waals surface area (Å²) in [7, 11) is 0. The minimum Gasteiger partial charge on any atom is -0.336 e. The summed E-state index contributed by atoms with van der Waals surface area (Å²) in [4.78, 5) is 13.9. The van der Waals surface area contributed by atoms with Crippen molar-refractivity contribution >= 4 is 17.5 Å². The molecule has 0 saturated carbocycles. The molecule has 1 fully saturated rings. The van der Waals surface area contributed by atoms with E-state index in [9.17, 15) is 4.79 Å². The molecule has 1 N–H and O–H groups in total. The van der Waals surface area contributed by atoms with Crippen molar-refractivity contribution in [3.05, 3.63) is 35.4 Å². The van der Waals surface area contributed by atoms with Gasteiger partial charge in [-0.2, -0.15) is 0 Å². The molecule has 1 saturated heterocycles. The van der Waals surface area contributed by atoms with Gasteiger partial charge >= 0.3 is 0 Å². The molecule has 86 valence electrons. The molecule has 2 rings (SSSR count). The molecule has 0 bridgehead atoms. The van der Waals surface area contributed by atoms with Crippen LogP contribution in [-0.2, 0) is 5.88 Å². The van der Waals surface area contributed by atoms with Crippen molar-refractivity contribution in [2.24, 2.45) is 0 Å². The zero-order valence-electron chi connectivity index (χ0n) is 9.08. The van der Waals surface area contributed by atoms with E-state index in [0.717, 1.165) is 37.3 Å². The summed E-state index contributed by atoms with van der Waals surface area (Å²) in [5.41, 5.74) is 1.79. The molecule has 1 aromatic carbocycles. The van der Waals surface area contributed by atoms with Gasteiger partial charge in [0.2, 0.25) is 0 Å². The highest BCUT2D eigenvalue weighted by atomic mass is 35.5. The maximum absolute atomic E-state index is 12.1. The molecule has 16 heavy (non-hydrogen) atoms. The Labute approximate surface area is 100 Å². The van der Waals surface area contributed by atoms with Crippen molar-refractivity contribution in [1.82, 2.24) is 10.2 Å². The van der Waals surface area contributed by atoms with E-state index in [0.29, 0.717) is 5.88 Å². The maximum atomic E-state index is 12.1. The van der Waals surface area contributed by atoms with E-state index in [1.807, 2.05) is 29.2 Å². The molecule has 3 nitrogen and oxygen atoms in total. The van der Waals surface area contributed by atoms with Crippen molar-refractivity contribution in [2.45, 2.75) is 5.88 Å². The van der Waals surface area contributed by atoms with Gasteiger partial charge < -0.3 is 10.2 Å². The first kappa shape index (κ1) is 11.4. The second kappa shape index (κ2) is 5.32. The molecule has 1 heterocycles. The van der Waals surface area contributed by atoms with Gasteiger partial charge in [-0.25, -0.2) is 0 Å². The number of benzene rings is 1. The van der Waals surface area contributed by atoms with Crippen molar-refractivity contribution in [3.8, 4) is 0 Å². The largest absolute Gasteiger partial charge is 0.336 e. The van der Waals surface area contributed by atoms with E-state index in [2.05, 4.69) is 5.32 Å². The lowest BCUT2D eigenvalue weighted by Gasteiger charge is -2.27. The van der Waals surface area contributed by atoms with Crippen LogP contribution in [-0.4, -0.2) is 37.0 Å². The third kappa shape index (κ3) is 2.54. The zero-order chi connectivity index (χ0) is 11.4. The van der Waals surface area contributed by atoms with Gasteiger partial charge in [0.05, 0.1) is 0 Å². The highest BCUT2D eigenvalue weighted by molar-refractivity contribution is 6.17. The van der Waals surface area contributed by atoms with Crippen LogP contribution in [0.5, 0.6) is 0 Å². The molecule has 0 spiro atoms. The van der Waals surface area contributed by atoms with Crippen molar-refractivity contribution in [3.63, 3.8) is 0 Å². The van der Waals surface area contributed by atoms with Crippen LogP contribution in [0, 0.1) is 0 Å². The second-order valence-electron chi connectivity index (χ2n) is 3.87. The Hall–Kier alpha value is -1.06. The fourth-order valence-corrected chi connectivity index (χ4v) is 1.97. The Bertz CT molecular complexity index is 358. The number of amides is 1. The van der Waals surface area contributed by atoms with Crippen LogP contribution in [0.3, 0.4) is 0 Å². The standard InChI is InChI=1S/C12H15ClN2O/c13-9-10-1-3-11(4-2-10)12(16)15-7-5-14-6-8-15/h1-4,14H,5-9H2. The highest BCUT2D eigenvalue weighted by Crippen LogP contribution is 2.10. The minimum absolute atomic E-state index is 0.114. The average molecular weight is 239 g/mol. The Morgan fingerprint density at radius 1 is 1.25 bits per heavy atom. The topological polar surface area (TPSA) is 32.3 Å². The van der Waals surface area contributed by atoms with Gasteiger partial charge in [0, 0.05) is 37.6 Å². The number of hydrogen-bond acceptors (Lipinski definition) is 2. The third-order valence-corrected chi connectivity index (χ3v) is 3.07. The van der Waals surface area contributed by atoms with Crippen molar-refractivity contribution in [1.29, 1.82) is 0 Å². The Kier molecular flexibility index (Phi) is 3.80. The molecule has 1 amide bonds. The summed E-state index contributed by atoms with van der Waals surface area (Å²) in [6.45, 7) is 3.34. The third-order valence-electron chi connectivity index (χ3n) is 2.76. The zero-order valence-corrected chi connectivity index (χ0v) is 9.83. The van der Waals surface area contributed by atoms with E-state index in [4.69, 9.17) is 11.6 Å². The van der Waals surface area contributed by atoms with Crippen LogP contribution in [0.15, 0.2) is 24.3 Å². The molecular formula is C12H15ClN2O. The monoisotopic (exact) mass is 238 g/mol. The van der Waals surface area contributed by atoms with Gasteiger partial charge in [-0.05, 0) is 17.7 Å². The first-order chi connectivity index (χ1) is 7.81. The van der Waals surface area contributed by atoms with Crippen LogP contribution in [0.1, 0.15) is 15.9 Å². The first-order valence-electron chi connectivity index (χ1n) is 5.46. The lowest BCUT2D eigenvalue weighted by atomic mass is 10.1. The molecule has 0 radical (unpaired) electrons. The number of carbonyl (C=O) groups excluding carboxylic acids is 1. The summed E-state index contributed by atoms with van der Waals surface area (Å²) in [6, 6.07) is 7.51. The Morgan fingerprint density at radius 2 is 1.88 bits per heavy atom. The van der Waals surface area contributed by atoms with Crippen LogP contribution in [0.4, 0.5) is 0 Å². The summed E-state index contributed by atoms with van der Waals surface area (Å²) >= 11 is 5.70. The Balaban J connectivity index is 2.07. The van der Waals surface area contributed by atoms with Gasteiger partial charge in [-0.15, -0.1) is 11.6 Å². The van der Waals surface area contributed by atoms with E-state index in [1.165, 1.54) is 0 Å². The molecule has 1 aliphatic rings. The molecule has 0 unspecified atom stereocenters. The quantitative estimate of drug-likeness (QED) is 0.792. The number of rotatable bonds is 2. The summed E-state index contributed by atoms with van der Waals surface area (Å²) < 4.78 is 0. The fraction of sp³-hybridized carbons (Fsp3) is 0.417. The number of alkyl halides is 1. The van der Waals surface area contributed by atoms with Crippen molar-refractivity contribution < 1.29 is 4.79 Å². The summed E-state index contributed by atoms with van der Waals surface area (Å²) in [5.74, 6) is 0.602. The van der Waals surface area contributed by atoms with Gasteiger partial charge in [0.15, 0.2) is 0 Å². The Morgan fingerprint density at radius 3 is 2.44 bits per heavy atom. The van der Waals surface area contributed by atoms with E-state index >= 15 is 0 Å². The number of nitrogens with one attached hydrogen (secondary N) is 1. The molecule has 0 aliphatic carbocycles.